The second-order valence-electron chi connectivity index (χ2n) is 5.50. The molecule has 1 aromatic carbocycles. The van der Waals surface area contributed by atoms with E-state index < -0.39 is 6.10 Å². The molecule has 1 aliphatic rings. The average molecular weight is 323 g/mol. The van der Waals surface area contributed by atoms with Crippen LogP contribution in [0.25, 0.3) is 0 Å². The molecule has 1 N–H and O–H groups in total. The minimum Gasteiger partial charge on any atom is -0.497 e. The largest absolute Gasteiger partial charge is 0.497 e. The van der Waals surface area contributed by atoms with E-state index in [1.54, 1.807) is 26.2 Å². The number of carbonyl (C=O) groups is 1. The molecule has 4 nitrogen and oxygen atoms in total. The highest BCUT2D eigenvalue weighted by molar-refractivity contribution is 7.99. The molecular formula is C17H25NO3S. The monoisotopic (exact) mass is 323 g/mol. The Morgan fingerprint density at radius 2 is 1.91 bits per heavy atom. The van der Waals surface area contributed by atoms with Gasteiger partial charge in [0.05, 0.1) is 7.11 Å². The predicted molar refractivity (Wildman–Crippen MR) is 90.8 cm³/mol. The van der Waals surface area contributed by atoms with Crippen LogP contribution < -0.4 is 14.8 Å². The van der Waals surface area contributed by atoms with Gasteiger partial charge in [0.2, 0.25) is 0 Å². The zero-order valence-electron chi connectivity index (χ0n) is 13.3. The highest BCUT2D eigenvalue weighted by atomic mass is 32.2. The summed E-state index contributed by atoms with van der Waals surface area (Å²) in [5.74, 6) is 2.35. The number of hydrogen-bond donors (Lipinski definition) is 1. The van der Waals surface area contributed by atoms with Gasteiger partial charge in [-0.1, -0.05) is 12.8 Å². The number of ether oxygens (including phenoxy) is 2. The predicted octanol–water partition coefficient (Wildman–Crippen LogP) is 3.25. The number of hydrogen-bond acceptors (Lipinski definition) is 4. The summed E-state index contributed by atoms with van der Waals surface area (Å²) in [6.45, 7) is 2.47. The van der Waals surface area contributed by atoms with Crippen LogP contribution in [0, 0.1) is 0 Å². The topological polar surface area (TPSA) is 47.6 Å². The lowest BCUT2D eigenvalue weighted by atomic mass is 10.3. The standard InChI is InChI=1S/C17H25NO3S/c1-13(21-15-9-7-14(20-2)8-10-15)17(19)18-11-12-22-16-5-3-4-6-16/h7-10,13,16H,3-6,11-12H2,1-2H3,(H,18,19). The van der Waals surface area contributed by atoms with Crippen molar-refractivity contribution >= 4 is 17.7 Å². The van der Waals surface area contributed by atoms with Crippen LogP contribution in [0.15, 0.2) is 24.3 Å². The molecule has 0 spiro atoms. The Hall–Kier alpha value is -1.36. The van der Waals surface area contributed by atoms with Crippen molar-refractivity contribution in [2.24, 2.45) is 0 Å². The van der Waals surface area contributed by atoms with Gasteiger partial charge in [0.1, 0.15) is 11.5 Å². The van der Waals surface area contributed by atoms with Crippen LogP contribution in [0.2, 0.25) is 0 Å². The lowest BCUT2D eigenvalue weighted by molar-refractivity contribution is -0.127. The third-order valence-corrected chi connectivity index (χ3v) is 5.18. The number of benzene rings is 1. The van der Waals surface area contributed by atoms with Crippen molar-refractivity contribution in [1.29, 1.82) is 0 Å². The average Bonchev–Trinajstić information content (AvgIpc) is 3.05. The molecule has 1 unspecified atom stereocenters. The van der Waals surface area contributed by atoms with Crippen LogP contribution in [-0.4, -0.2) is 36.7 Å². The molecule has 0 saturated heterocycles. The first-order chi connectivity index (χ1) is 10.7. The number of thioether (sulfide) groups is 1. The molecule has 1 saturated carbocycles. The van der Waals surface area contributed by atoms with Crippen LogP contribution >= 0.6 is 11.8 Å². The first-order valence-electron chi connectivity index (χ1n) is 7.89. The molecule has 0 aromatic heterocycles. The summed E-state index contributed by atoms with van der Waals surface area (Å²) in [5, 5.41) is 3.74. The summed E-state index contributed by atoms with van der Waals surface area (Å²) in [6.07, 6.45) is 4.88. The first kappa shape index (κ1) is 17.0. The Morgan fingerprint density at radius 3 is 2.55 bits per heavy atom. The minimum absolute atomic E-state index is 0.0668. The number of rotatable bonds is 8. The van der Waals surface area contributed by atoms with Gasteiger partial charge < -0.3 is 14.8 Å². The Balaban J connectivity index is 1.65. The molecule has 5 heteroatoms. The maximum Gasteiger partial charge on any atom is 0.260 e. The van der Waals surface area contributed by atoms with E-state index in [-0.39, 0.29) is 5.91 Å². The summed E-state index contributed by atoms with van der Waals surface area (Å²) >= 11 is 1.98. The van der Waals surface area contributed by atoms with Crippen molar-refractivity contribution in [3.63, 3.8) is 0 Å². The molecule has 22 heavy (non-hydrogen) atoms. The van der Waals surface area contributed by atoms with Crippen molar-refractivity contribution in [2.75, 3.05) is 19.4 Å². The number of nitrogens with one attached hydrogen (secondary N) is 1. The van der Waals surface area contributed by atoms with Gasteiger partial charge in [-0.25, -0.2) is 0 Å². The molecule has 0 heterocycles. The molecule has 122 valence electrons. The summed E-state index contributed by atoms with van der Waals surface area (Å²) in [5.41, 5.74) is 0. The van der Waals surface area contributed by atoms with Crippen LogP contribution in [0.1, 0.15) is 32.6 Å². The minimum atomic E-state index is -0.495. The lowest BCUT2D eigenvalue weighted by Gasteiger charge is -2.15. The van der Waals surface area contributed by atoms with Crippen LogP contribution in [0.4, 0.5) is 0 Å². The summed E-state index contributed by atoms with van der Waals surface area (Å²) in [7, 11) is 1.62. The molecule has 0 radical (unpaired) electrons. The maximum atomic E-state index is 12.0. The van der Waals surface area contributed by atoms with E-state index in [1.807, 2.05) is 23.9 Å². The van der Waals surface area contributed by atoms with Crippen LogP contribution in [0.3, 0.4) is 0 Å². The van der Waals surface area contributed by atoms with E-state index in [4.69, 9.17) is 9.47 Å². The number of amides is 1. The van der Waals surface area contributed by atoms with E-state index in [0.29, 0.717) is 12.3 Å². The van der Waals surface area contributed by atoms with Crippen molar-refractivity contribution in [3.05, 3.63) is 24.3 Å². The maximum absolute atomic E-state index is 12.0. The van der Waals surface area contributed by atoms with Gasteiger partial charge in [0.15, 0.2) is 6.10 Å². The van der Waals surface area contributed by atoms with E-state index in [1.165, 1.54) is 25.7 Å². The van der Waals surface area contributed by atoms with E-state index in [0.717, 1.165) is 16.8 Å². The van der Waals surface area contributed by atoms with Crippen molar-refractivity contribution < 1.29 is 14.3 Å². The second-order valence-corrected chi connectivity index (χ2v) is 6.91. The quantitative estimate of drug-likeness (QED) is 0.746. The lowest BCUT2D eigenvalue weighted by Crippen LogP contribution is -2.37. The zero-order chi connectivity index (χ0) is 15.8. The van der Waals surface area contributed by atoms with Crippen molar-refractivity contribution in [1.82, 2.24) is 5.32 Å². The molecule has 0 aliphatic heterocycles. The highest BCUT2D eigenvalue weighted by Crippen LogP contribution is 2.28. The van der Waals surface area contributed by atoms with Gasteiger partial charge in [-0.15, -0.1) is 0 Å². The summed E-state index contributed by atoms with van der Waals surface area (Å²) < 4.78 is 10.7. The van der Waals surface area contributed by atoms with Crippen LogP contribution in [-0.2, 0) is 4.79 Å². The molecule has 1 amide bonds. The van der Waals surface area contributed by atoms with Gasteiger partial charge in [0.25, 0.3) is 5.91 Å². The smallest absolute Gasteiger partial charge is 0.260 e. The first-order valence-corrected chi connectivity index (χ1v) is 8.94. The van der Waals surface area contributed by atoms with Gasteiger partial charge in [-0.2, -0.15) is 11.8 Å². The fourth-order valence-corrected chi connectivity index (χ4v) is 3.73. The van der Waals surface area contributed by atoms with Crippen molar-refractivity contribution in [2.45, 2.75) is 44.0 Å². The zero-order valence-corrected chi connectivity index (χ0v) is 14.2. The number of methoxy groups -OCH3 is 1. The second kappa shape index (κ2) is 8.93. The molecule has 2 rings (SSSR count). The van der Waals surface area contributed by atoms with E-state index in [9.17, 15) is 4.79 Å². The number of carbonyl (C=O) groups excluding carboxylic acids is 1. The van der Waals surface area contributed by atoms with Crippen molar-refractivity contribution in [3.8, 4) is 11.5 Å². The summed E-state index contributed by atoms with van der Waals surface area (Å²) in [6, 6.07) is 7.24. The normalized spacial score (nSPS) is 16.3. The van der Waals surface area contributed by atoms with Gasteiger partial charge in [-0.05, 0) is 44.0 Å². The van der Waals surface area contributed by atoms with Gasteiger partial charge >= 0.3 is 0 Å². The third-order valence-electron chi connectivity index (χ3n) is 3.80. The fraction of sp³-hybridized carbons (Fsp3) is 0.588. The Morgan fingerprint density at radius 1 is 1.27 bits per heavy atom. The molecule has 1 fully saturated rings. The third kappa shape index (κ3) is 5.44. The van der Waals surface area contributed by atoms with Gasteiger partial charge in [-0.3, -0.25) is 4.79 Å². The molecule has 1 aliphatic carbocycles. The highest BCUT2D eigenvalue weighted by Gasteiger charge is 2.16. The Bertz CT molecular complexity index is 457. The SMILES string of the molecule is COc1ccc(OC(C)C(=O)NCCSC2CCCC2)cc1. The molecule has 1 atom stereocenters. The fourth-order valence-electron chi connectivity index (χ4n) is 2.51. The Labute approximate surface area is 137 Å². The molecule has 1 aromatic rings. The Kier molecular flexibility index (Phi) is 6.90. The molecular weight excluding hydrogens is 298 g/mol. The van der Waals surface area contributed by atoms with Crippen LogP contribution in [0.5, 0.6) is 11.5 Å². The van der Waals surface area contributed by atoms with Gasteiger partial charge in [0, 0.05) is 17.5 Å². The summed E-state index contributed by atoms with van der Waals surface area (Å²) in [4.78, 5) is 12.0. The van der Waals surface area contributed by atoms with E-state index >= 15 is 0 Å². The van der Waals surface area contributed by atoms with E-state index in [2.05, 4.69) is 5.32 Å². The molecule has 0 bridgehead atoms.